The molecular weight excluding hydrogens is 233 g/mol. The Kier molecular flexibility index (Phi) is 5.69. The van der Waals surface area contributed by atoms with Crippen molar-refractivity contribution in [2.45, 2.75) is 6.54 Å². The Labute approximate surface area is 99.1 Å². The standard InChI is InChI=1S/C11H15ClFNO2/c12-10-3-1-2-9(11(10)13)8-14(4-6-15)5-7-16/h1-3,15-16H,4-8H2. The molecule has 0 aliphatic heterocycles. The van der Waals surface area contributed by atoms with Crippen molar-refractivity contribution in [1.29, 1.82) is 0 Å². The average Bonchev–Trinajstić information content (AvgIpc) is 2.25. The monoisotopic (exact) mass is 247 g/mol. The minimum absolute atomic E-state index is 0.0256. The number of rotatable bonds is 6. The van der Waals surface area contributed by atoms with Crippen molar-refractivity contribution >= 4 is 11.6 Å². The molecule has 0 amide bonds. The SMILES string of the molecule is OCCN(CCO)Cc1cccc(Cl)c1F. The molecule has 0 radical (unpaired) electrons. The van der Waals surface area contributed by atoms with Gasteiger partial charge in [0.1, 0.15) is 5.82 Å². The van der Waals surface area contributed by atoms with E-state index in [1.54, 1.807) is 17.0 Å². The normalized spacial score (nSPS) is 11.1. The van der Waals surface area contributed by atoms with Crippen LogP contribution in [0.4, 0.5) is 4.39 Å². The molecular formula is C11H15ClFNO2. The molecule has 3 nitrogen and oxygen atoms in total. The third-order valence-electron chi connectivity index (χ3n) is 2.26. The summed E-state index contributed by atoms with van der Waals surface area (Å²) in [7, 11) is 0. The predicted octanol–water partition coefficient (Wildman–Crippen LogP) is 1.27. The second kappa shape index (κ2) is 6.81. The quantitative estimate of drug-likeness (QED) is 0.796. The van der Waals surface area contributed by atoms with E-state index >= 15 is 0 Å². The Morgan fingerprint density at radius 2 is 1.81 bits per heavy atom. The van der Waals surface area contributed by atoms with Crippen molar-refractivity contribution in [2.24, 2.45) is 0 Å². The lowest BCUT2D eigenvalue weighted by Gasteiger charge is -2.20. The van der Waals surface area contributed by atoms with Crippen LogP contribution in [0, 0.1) is 5.82 Å². The zero-order chi connectivity index (χ0) is 12.0. The van der Waals surface area contributed by atoms with Gasteiger partial charge in [-0.3, -0.25) is 4.90 Å². The van der Waals surface area contributed by atoms with Crippen LogP contribution in [0.3, 0.4) is 0 Å². The fraction of sp³-hybridized carbons (Fsp3) is 0.455. The molecule has 0 bridgehead atoms. The molecule has 1 aromatic rings. The van der Waals surface area contributed by atoms with E-state index in [1.807, 2.05) is 0 Å². The van der Waals surface area contributed by atoms with E-state index in [0.717, 1.165) is 0 Å². The third kappa shape index (κ3) is 3.72. The smallest absolute Gasteiger partial charge is 0.146 e. The molecule has 0 aliphatic rings. The summed E-state index contributed by atoms with van der Waals surface area (Å²) in [6, 6.07) is 4.81. The van der Waals surface area contributed by atoms with Crippen LogP contribution in [-0.4, -0.2) is 41.4 Å². The van der Waals surface area contributed by atoms with Gasteiger partial charge in [0.25, 0.3) is 0 Å². The van der Waals surface area contributed by atoms with Crippen LogP contribution in [0.5, 0.6) is 0 Å². The van der Waals surface area contributed by atoms with Crippen LogP contribution in [0.15, 0.2) is 18.2 Å². The molecule has 0 heterocycles. The van der Waals surface area contributed by atoms with Gasteiger partial charge >= 0.3 is 0 Å². The number of nitrogens with zero attached hydrogens (tertiary/aromatic N) is 1. The Hall–Kier alpha value is -0.680. The zero-order valence-corrected chi connectivity index (χ0v) is 9.62. The molecule has 0 saturated carbocycles. The van der Waals surface area contributed by atoms with Crippen LogP contribution in [0.1, 0.15) is 5.56 Å². The van der Waals surface area contributed by atoms with E-state index in [4.69, 9.17) is 21.8 Å². The van der Waals surface area contributed by atoms with Crippen molar-refractivity contribution in [1.82, 2.24) is 4.90 Å². The lowest BCUT2D eigenvalue weighted by Crippen LogP contribution is -2.29. The molecule has 0 fully saturated rings. The second-order valence-electron chi connectivity index (χ2n) is 3.44. The maximum Gasteiger partial charge on any atom is 0.146 e. The minimum Gasteiger partial charge on any atom is -0.395 e. The number of aliphatic hydroxyl groups excluding tert-OH is 2. The molecule has 2 N–H and O–H groups in total. The molecule has 1 rings (SSSR count). The minimum atomic E-state index is -0.440. The summed E-state index contributed by atoms with van der Waals surface area (Å²) in [5, 5.41) is 17.7. The van der Waals surface area contributed by atoms with Gasteiger partial charge in [-0.2, -0.15) is 0 Å². The van der Waals surface area contributed by atoms with Crippen LogP contribution < -0.4 is 0 Å². The van der Waals surface area contributed by atoms with E-state index in [1.165, 1.54) is 6.07 Å². The number of benzene rings is 1. The molecule has 1 aromatic carbocycles. The van der Waals surface area contributed by atoms with E-state index < -0.39 is 5.82 Å². The zero-order valence-electron chi connectivity index (χ0n) is 8.87. The van der Waals surface area contributed by atoms with E-state index in [0.29, 0.717) is 25.2 Å². The van der Waals surface area contributed by atoms with Crippen LogP contribution >= 0.6 is 11.6 Å². The van der Waals surface area contributed by atoms with Crippen molar-refractivity contribution in [3.63, 3.8) is 0 Å². The summed E-state index contributed by atoms with van der Waals surface area (Å²) in [4.78, 5) is 1.76. The summed E-state index contributed by atoms with van der Waals surface area (Å²) < 4.78 is 13.6. The molecule has 0 spiro atoms. The summed E-state index contributed by atoms with van der Waals surface area (Å²) in [5.74, 6) is -0.440. The highest BCUT2D eigenvalue weighted by molar-refractivity contribution is 6.30. The molecule has 0 aliphatic carbocycles. The van der Waals surface area contributed by atoms with Gasteiger partial charge < -0.3 is 10.2 Å². The van der Waals surface area contributed by atoms with Crippen LogP contribution in [0.2, 0.25) is 5.02 Å². The number of halogens is 2. The lowest BCUT2D eigenvalue weighted by molar-refractivity contribution is 0.154. The van der Waals surface area contributed by atoms with Crippen molar-refractivity contribution in [3.05, 3.63) is 34.6 Å². The Morgan fingerprint density at radius 3 is 2.38 bits per heavy atom. The van der Waals surface area contributed by atoms with Crippen LogP contribution in [-0.2, 0) is 6.54 Å². The molecule has 0 aromatic heterocycles. The summed E-state index contributed by atoms with van der Waals surface area (Å²) in [6.45, 7) is 1.07. The van der Waals surface area contributed by atoms with E-state index in [9.17, 15) is 4.39 Å². The summed E-state index contributed by atoms with van der Waals surface area (Å²) in [6.07, 6.45) is 0. The summed E-state index contributed by atoms with van der Waals surface area (Å²) >= 11 is 5.66. The first-order chi connectivity index (χ1) is 7.69. The first-order valence-electron chi connectivity index (χ1n) is 5.06. The maximum absolute atomic E-state index is 13.6. The van der Waals surface area contributed by atoms with Gasteiger partial charge in [-0.15, -0.1) is 0 Å². The number of hydrogen-bond donors (Lipinski definition) is 2. The number of aliphatic hydroxyl groups is 2. The second-order valence-corrected chi connectivity index (χ2v) is 3.84. The molecule has 0 saturated heterocycles. The highest BCUT2D eigenvalue weighted by Gasteiger charge is 2.10. The van der Waals surface area contributed by atoms with Gasteiger partial charge in [-0.25, -0.2) is 4.39 Å². The predicted molar refractivity (Wildman–Crippen MR) is 60.9 cm³/mol. The van der Waals surface area contributed by atoms with Gasteiger partial charge in [-0.1, -0.05) is 23.7 Å². The first-order valence-corrected chi connectivity index (χ1v) is 5.43. The Balaban J connectivity index is 2.72. The first kappa shape index (κ1) is 13.4. The molecule has 0 unspecified atom stereocenters. The fourth-order valence-electron chi connectivity index (χ4n) is 1.46. The van der Waals surface area contributed by atoms with Gasteiger partial charge in [0, 0.05) is 25.2 Å². The van der Waals surface area contributed by atoms with Gasteiger partial charge in [0.05, 0.1) is 18.2 Å². The molecule has 0 atom stereocenters. The third-order valence-corrected chi connectivity index (χ3v) is 2.55. The van der Waals surface area contributed by atoms with Crippen LogP contribution in [0.25, 0.3) is 0 Å². The number of hydrogen-bond acceptors (Lipinski definition) is 3. The van der Waals surface area contributed by atoms with Gasteiger partial charge in [-0.05, 0) is 6.07 Å². The Morgan fingerprint density at radius 1 is 1.19 bits per heavy atom. The average molecular weight is 248 g/mol. The Bertz CT molecular complexity index is 330. The largest absolute Gasteiger partial charge is 0.395 e. The molecule has 5 heteroatoms. The van der Waals surface area contributed by atoms with Gasteiger partial charge in [0.2, 0.25) is 0 Å². The van der Waals surface area contributed by atoms with E-state index in [-0.39, 0.29) is 18.2 Å². The molecule has 90 valence electrons. The molecule has 16 heavy (non-hydrogen) atoms. The summed E-state index contributed by atoms with van der Waals surface area (Å²) in [5.41, 5.74) is 0.467. The van der Waals surface area contributed by atoms with E-state index in [2.05, 4.69) is 0 Å². The topological polar surface area (TPSA) is 43.7 Å². The van der Waals surface area contributed by atoms with Gasteiger partial charge in [0.15, 0.2) is 0 Å². The highest BCUT2D eigenvalue weighted by Crippen LogP contribution is 2.19. The fourth-order valence-corrected chi connectivity index (χ4v) is 1.66. The lowest BCUT2D eigenvalue weighted by atomic mass is 10.2. The highest BCUT2D eigenvalue weighted by atomic mass is 35.5. The maximum atomic E-state index is 13.6. The van der Waals surface area contributed by atoms with Crippen molar-refractivity contribution in [3.8, 4) is 0 Å². The van der Waals surface area contributed by atoms with Crippen molar-refractivity contribution in [2.75, 3.05) is 26.3 Å². The van der Waals surface area contributed by atoms with Crippen molar-refractivity contribution < 1.29 is 14.6 Å².